The maximum Gasteiger partial charge on any atom is 0.0464 e. The van der Waals surface area contributed by atoms with E-state index in [-0.39, 0.29) is 0 Å². The fourth-order valence-electron chi connectivity index (χ4n) is 3.14. The summed E-state index contributed by atoms with van der Waals surface area (Å²) < 4.78 is 1.03. The van der Waals surface area contributed by atoms with Crippen molar-refractivity contribution in [3.05, 3.63) is 33.3 Å². The van der Waals surface area contributed by atoms with Crippen LogP contribution in [0, 0.1) is 5.41 Å². The smallest absolute Gasteiger partial charge is 0.0464 e. The molecule has 1 fully saturated rings. The highest BCUT2D eigenvalue weighted by Crippen LogP contribution is 2.36. The molecule has 1 aromatic carbocycles. The number of hydrogen-bond donors (Lipinski definition) is 1. The molecule has 0 aliphatic heterocycles. The summed E-state index contributed by atoms with van der Waals surface area (Å²) in [5.41, 5.74) is 1.66. The van der Waals surface area contributed by atoms with E-state index >= 15 is 0 Å². The molecular weight excluding hydrogens is 322 g/mol. The maximum atomic E-state index is 6.33. The Kier molecular flexibility index (Phi) is 4.97. The van der Waals surface area contributed by atoms with Crippen molar-refractivity contribution >= 4 is 27.5 Å². The predicted octanol–water partition coefficient (Wildman–Crippen LogP) is 5.72. The van der Waals surface area contributed by atoms with Gasteiger partial charge in [-0.05, 0) is 49.3 Å². The molecule has 106 valence electrons. The SMILES string of the molecule is CC(NC1CCCC(C)(C)C1)c1ccc(Br)cc1Cl. The van der Waals surface area contributed by atoms with Crippen LogP contribution in [0.4, 0.5) is 0 Å². The van der Waals surface area contributed by atoms with Crippen LogP contribution in [0.1, 0.15) is 58.1 Å². The summed E-state index contributed by atoms with van der Waals surface area (Å²) in [7, 11) is 0. The molecule has 19 heavy (non-hydrogen) atoms. The van der Waals surface area contributed by atoms with E-state index in [0.29, 0.717) is 17.5 Å². The zero-order valence-electron chi connectivity index (χ0n) is 12.0. The van der Waals surface area contributed by atoms with Gasteiger partial charge in [0.2, 0.25) is 0 Å². The van der Waals surface area contributed by atoms with Crippen molar-refractivity contribution < 1.29 is 0 Å². The lowest BCUT2D eigenvalue weighted by molar-refractivity contribution is 0.191. The topological polar surface area (TPSA) is 12.0 Å². The Hall–Kier alpha value is -0.0500. The van der Waals surface area contributed by atoms with Gasteiger partial charge in [0, 0.05) is 21.6 Å². The average molecular weight is 345 g/mol. The van der Waals surface area contributed by atoms with Crippen LogP contribution in [0.5, 0.6) is 0 Å². The minimum absolute atomic E-state index is 0.305. The molecule has 3 heteroatoms. The lowest BCUT2D eigenvalue weighted by atomic mass is 9.75. The Morgan fingerprint density at radius 3 is 2.79 bits per heavy atom. The second kappa shape index (κ2) is 6.15. The van der Waals surface area contributed by atoms with Crippen molar-refractivity contribution in [1.82, 2.24) is 5.32 Å². The Morgan fingerprint density at radius 1 is 1.42 bits per heavy atom. The number of hydrogen-bond acceptors (Lipinski definition) is 1. The molecule has 1 aromatic rings. The van der Waals surface area contributed by atoms with E-state index in [9.17, 15) is 0 Å². The molecule has 0 amide bonds. The third-order valence-electron chi connectivity index (χ3n) is 4.12. The van der Waals surface area contributed by atoms with E-state index in [1.54, 1.807) is 0 Å². The molecule has 2 unspecified atom stereocenters. The molecule has 1 nitrogen and oxygen atoms in total. The van der Waals surface area contributed by atoms with Gasteiger partial charge in [-0.25, -0.2) is 0 Å². The van der Waals surface area contributed by atoms with Crippen LogP contribution in [0.2, 0.25) is 5.02 Å². The predicted molar refractivity (Wildman–Crippen MR) is 86.7 cm³/mol. The molecule has 0 heterocycles. The summed E-state index contributed by atoms with van der Waals surface area (Å²) in [6.45, 7) is 6.95. The fraction of sp³-hybridized carbons (Fsp3) is 0.625. The van der Waals surface area contributed by atoms with E-state index in [1.165, 1.54) is 31.2 Å². The minimum Gasteiger partial charge on any atom is -0.307 e. The van der Waals surface area contributed by atoms with Crippen LogP contribution in [0.15, 0.2) is 22.7 Å². The van der Waals surface area contributed by atoms with E-state index in [0.717, 1.165) is 9.50 Å². The highest BCUT2D eigenvalue weighted by Gasteiger charge is 2.28. The molecule has 1 N–H and O–H groups in total. The summed E-state index contributed by atoms with van der Waals surface area (Å²) in [6.07, 6.45) is 5.21. The average Bonchev–Trinajstić information content (AvgIpc) is 2.27. The monoisotopic (exact) mass is 343 g/mol. The normalized spacial score (nSPS) is 24.2. The molecule has 0 bridgehead atoms. The summed E-state index contributed by atoms with van der Waals surface area (Å²) in [4.78, 5) is 0. The second-order valence-electron chi connectivity index (χ2n) is 6.51. The van der Waals surface area contributed by atoms with Gasteiger partial charge in [-0.2, -0.15) is 0 Å². The molecule has 0 radical (unpaired) electrons. The standard InChI is InChI=1S/C16H23BrClN/c1-11(14-7-6-12(17)9-15(14)18)19-13-5-4-8-16(2,3)10-13/h6-7,9,11,13,19H,4-5,8,10H2,1-3H3. The fourth-order valence-corrected chi connectivity index (χ4v) is 3.97. The van der Waals surface area contributed by atoms with Gasteiger partial charge in [-0.3, -0.25) is 0 Å². The molecule has 0 saturated heterocycles. The van der Waals surface area contributed by atoms with Crippen LogP contribution in [0.3, 0.4) is 0 Å². The van der Waals surface area contributed by atoms with Gasteiger partial charge in [0.15, 0.2) is 0 Å². The van der Waals surface area contributed by atoms with Crippen LogP contribution >= 0.6 is 27.5 Å². The summed E-state index contributed by atoms with van der Waals surface area (Å²) >= 11 is 9.78. The van der Waals surface area contributed by atoms with E-state index in [1.807, 2.05) is 6.07 Å². The lowest BCUT2D eigenvalue weighted by Crippen LogP contribution is -2.38. The Labute approximate surface area is 130 Å². The molecule has 0 spiro atoms. The Balaban J connectivity index is 2.02. The first kappa shape index (κ1) is 15.3. The first-order valence-corrected chi connectivity index (χ1v) is 8.25. The summed E-state index contributed by atoms with van der Waals surface area (Å²) in [5, 5.41) is 4.59. The first-order chi connectivity index (χ1) is 8.87. The zero-order chi connectivity index (χ0) is 14.0. The van der Waals surface area contributed by atoms with Crippen molar-refractivity contribution in [2.75, 3.05) is 0 Å². The van der Waals surface area contributed by atoms with Gasteiger partial charge < -0.3 is 5.32 Å². The summed E-state index contributed by atoms with van der Waals surface area (Å²) in [6, 6.07) is 7.06. The van der Waals surface area contributed by atoms with Crippen LogP contribution in [0.25, 0.3) is 0 Å². The van der Waals surface area contributed by atoms with Crippen molar-refractivity contribution in [3.63, 3.8) is 0 Å². The second-order valence-corrected chi connectivity index (χ2v) is 7.83. The van der Waals surface area contributed by atoms with Crippen LogP contribution in [-0.4, -0.2) is 6.04 Å². The minimum atomic E-state index is 0.305. The van der Waals surface area contributed by atoms with E-state index < -0.39 is 0 Å². The number of benzene rings is 1. The molecule has 1 aliphatic rings. The van der Waals surface area contributed by atoms with E-state index in [2.05, 4.69) is 54.2 Å². The molecular formula is C16H23BrClN. The quantitative estimate of drug-likeness (QED) is 0.739. The molecule has 2 rings (SSSR count). The molecule has 0 aromatic heterocycles. The van der Waals surface area contributed by atoms with Crippen molar-refractivity contribution in [2.24, 2.45) is 5.41 Å². The third kappa shape index (κ3) is 4.21. The Morgan fingerprint density at radius 2 is 2.16 bits per heavy atom. The highest BCUT2D eigenvalue weighted by atomic mass is 79.9. The molecule has 2 atom stereocenters. The van der Waals surface area contributed by atoms with Gasteiger partial charge in [-0.1, -0.05) is 53.9 Å². The van der Waals surface area contributed by atoms with Crippen LogP contribution in [-0.2, 0) is 0 Å². The third-order valence-corrected chi connectivity index (χ3v) is 4.94. The van der Waals surface area contributed by atoms with Crippen molar-refractivity contribution in [3.8, 4) is 0 Å². The zero-order valence-corrected chi connectivity index (χ0v) is 14.3. The molecule has 1 saturated carbocycles. The number of nitrogens with one attached hydrogen (secondary N) is 1. The molecule has 1 aliphatic carbocycles. The van der Waals surface area contributed by atoms with Crippen molar-refractivity contribution in [1.29, 1.82) is 0 Å². The van der Waals surface area contributed by atoms with Gasteiger partial charge in [-0.15, -0.1) is 0 Å². The van der Waals surface area contributed by atoms with Gasteiger partial charge in [0.25, 0.3) is 0 Å². The Bertz CT molecular complexity index is 444. The van der Waals surface area contributed by atoms with Gasteiger partial charge in [0.05, 0.1) is 0 Å². The van der Waals surface area contributed by atoms with Gasteiger partial charge >= 0.3 is 0 Å². The van der Waals surface area contributed by atoms with Crippen LogP contribution < -0.4 is 5.32 Å². The number of halogens is 2. The highest BCUT2D eigenvalue weighted by molar-refractivity contribution is 9.10. The van der Waals surface area contributed by atoms with E-state index in [4.69, 9.17) is 11.6 Å². The number of rotatable bonds is 3. The summed E-state index contributed by atoms with van der Waals surface area (Å²) in [5.74, 6) is 0. The van der Waals surface area contributed by atoms with Gasteiger partial charge in [0.1, 0.15) is 0 Å². The largest absolute Gasteiger partial charge is 0.307 e. The first-order valence-electron chi connectivity index (χ1n) is 7.08. The maximum absolute atomic E-state index is 6.33. The lowest BCUT2D eigenvalue weighted by Gasteiger charge is -2.37. The van der Waals surface area contributed by atoms with Crippen molar-refractivity contribution in [2.45, 2.75) is 58.5 Å².